The van der Waals surface area contributed by atoms with E-state index in [4.69, 9.17) is 9.47 Å². The van der Waals surface area contributed by atoms with Crippen LogP contribution in [0.1, 0.15) is 41.0 Å². The number of rotatable bonds is 8. The lowest BCUT2D eigenvalue weighted by Gasteiger charge is -2.29. The maximum Gasteiger partial charge on any atom is 0.412 e. The van der Waals surface area contributed by atoms with Crippen molar-refractivity contribution in [1.29, 1.82) is 0 Å². The molecule has 1 N–H and O–H groups in total. The molecule has 1 rings (SSSR count). The average Bonchev–Trinajstić information content (AvgIpc) is 2.53. The smallest absolute Gasteiger partial charge is 0.412 e. The van der Waals surface area contributed by atoms with Crippen LogP contribution in [0.2, 0.25) is 0 Å². The van der Waals surface area contributed by atoms with E-state index in [9.17, 15) is 9.59 Å². The molecule has 0 saturated heterocycles. The van der Waals surface area contributed by atoms with Gasteiger partial charge in [0.05, 0.1) is 0 Å². The molecule has 0 spiro atoms. The third kappa shape index (κ3) is 9.26. The predicted molar refractivity (Wildman–Crippen MR) is 115 cm³/mol. The first-order valence-corrected chi connectivity index (χ1v) is 10.0. The predicted octanol–water partition coefficient (Wildman–Crippen LogP) is 5.20. The number of anilines is 1. The molecule has 0 fully saturated rings. The van der Waals surface area contributed by atoms with Crippen LogP contribution in [-0.2, 0) is 14.3 Å². The first kappa shape index (κ1) is 24.0. The van der Waals surface area contributed by atoms with E-state index >= 15 is 0 Å². The van der Waals surface area contributed by atoms with Crippen LogP contribution in [0.25, 0.3) is 0 Å². The van der Waals surface area contributed by atoms with Crippen molar-refractivity contribution in [2.24, 2.45) is 5.92 Å². The van der Waals surface area contributed by atoms with Crippen LogP contribution >= 0.6 is 15.9 Å². The Morgan fingerprint density at radius 3 is 2.29 bits per heavy atom. The maximum absolute atomic E-state index is 12.3. The molecule has 0 aliphatic carbocycles. The van der Waals surface area contributed by atoms with Crippen LogP contribution in [0.4, 0.5) is 10.5 Å². The molecule has 0 radical (unpaired) electrons. The van der Waals surface area contributed by atoms with Gasteiger partial charge in [-0.15, -0.1) is 0 Å². The zero-order valence-corrected chi connectivity index (χ0v) is 19.1. The van der Waals surface area contributed by atoms with E-state index < -0.39 is 17.8 Å². The molecule has 1 aromatic carbocycles. The van der Waals surface area contributed by atoms with Crippen molar-refractivity contribution in [2.75, 3.05) is 18.9 Å². The number of nitrogens with one attached hydrogen (secondary N) is 1. The summed E-state index contributed by atoms with van der Waals surface area (Å²) in [6, 6.07) is 7.20. The summed E-state index contributed by atoms with van der Waals surface area (Å²) in [7, 11) is 1.73. The van der Waals surface area contributed by atoms with Crippen LogP contribution in [0, 0.1) is 5.92 Å². The van der Waals surface area contributed by atoms with Gasteiger partial charge in [0.25, 0.3) is 0 Å². The van der Waals surface area contributed by atoms with Gasteiger partial charge >= 0.3 is 12.1 Å². The molecule has 0 bridgehead atoms. The van der Waals surface area contributed by atoms with E-state index in [1.54, 1.807) is 24.1 Å². The number of hydrogen-bond donors (Lipinski definition) is 1. The standard InChI is InChI=1S/C21H31BrN2O4/c1-14(2)12-18(15(3)24(7)13-19(25)28-21(4,5)6)27-20(26)23-17-10-8-16(22)9-11-17/h8-11,14,18H,3,12-13H2,1-2,4-7H3,(H,23,26). The fourth-order valence-corrected chi connectivity index (χ4v) is 2.67. The second kappa shape index (κ2) is 10.5. The van der Waals surface area contributed by atoms with Gasteiger partial charge in [-0.3, -0.25) is 10.1 Å². The molecule has 156 valence electrons. The van der Waals surface area contributed by atoms with Gasteiger partial charge in [-0.25, -0.2) is 4.79 Å². The van der Waals surface area contributed by atoms with Gasteiger partial charge in [0, 0.05) is 22.9 Å². The Labute approximate surface area is 176 Å². The third-order valence-corrected chi connectivity index (χ3v) is 4.20. The van der Waals surface area contributed by atoms with Gasteiger partial charge in [-0.1, -0.05) is 36.4 Å². The second-order valence-corrected chi connectivity index (χ2v) is 9.00. The number of likely N-dealkylation sites (N-methyl/N-ethyl adjacent to an activating group) is 1. The molecule has 0 aliphatic heterocycles. The molecule has 1 amide bonds. The first-order chi connectivity index (χ1) is 12.9. The molecule has 1 unspecified atom stereocenters. The molecule has 7 heteroatoms. The van der Waals surface area contributed by atoms with E-state index in [1.165, 1.54) is 0 Å². The molecule has 0 saturated carbocycles. The second-order valence-electron chi connectivity index (χ2n) is 8.09. The molecule has 1 atom stereocenters. The monoisotopic (exact) mass is 454 g/mol. The Morgan fingerprint density at radius 1 is 1.21 bits per heavy atom. The highest BCUT2D eigenvalue weighted by Crippen LogP contribution is 2.20. The minimum Gasteiger partial charge on any atom is -0.459 e. The highest BCUT2D eigenvalue weighted by Gasteiger charge is 2.25. The lowest BCUT2D eigenvalue weighted by Crippen LogP contribution is -2.37. The number of ether oxygens (including phenoxy) is 2. The maximum atomic E-state index is 12.3. The average molecular weight is 455 g/mol. The van der Waals surface area contributed by atoms with Crippen molar-refractivity contribution in [1.82, 2.24) is 4.90 Å². The Kier molecular flexibility index (Phi) is 9.01. The lowest BCUT2D eigenvalue weighted by atomic mass is 10.0. The molecular formula is C21H31BrN2O4. The van der Waals surface area contributed by atoms with Gasteiger partial charge < -0.3 is 14.4 Å². The molecule has 0 aliphatic rings. The molecule has 1 aromatic rings. The van der Waals surface area contributed by atoms with Crippen LogP contribution in [0.15, 0.2) is 41.0 Å². The number of esters is 1. The third-order valence-electron chi connectivity index (χ3n) is 3.67. The van der Waals surface area contributed by atoms with Crippen LogP contribution in [-0.4, -0.2) is 42.3 Å². The Bertz CT molecular complexity index is 681. The Balaban J connectivity index is 2.74. The van der Waals surface area contributed by atoms with Gasteiger partial charge in [0.15, 0.2) is 0 Å². The number of nitrogens with zero attached hydrogens (tertiary/aromatic N) is 1. The number of hydrogen-bond acceptors (Lipinski definition) is 5. The zero-order valence-electron chi connectivity index (χ0n) is 17.5. The SMILES string of the molecule is C=C(C(CC(C)C)OC(=O)Nc1ccc(Br)cc1)N(C)CC(=O)OC(C)(C)C. The molecule has 28 heavy (non-hydrogen) atoms. The van der Waals surface area contributed by atoms with E-state index in [0.717, 1.165) is 4.47 Å². The molecule has 0 heterocycles. The minimum atomic E-state index is -0.570. The van der Waals surface area contributed by atoms with Gasteiger partial charge in [0.1, 0.15) is 18.2 Å². The topological polar surface area (TPSA) is 67.9 Å². The summed E-state index contributed by atoms with van der Waals surface area (Å²) in [4.78, 5) is 26.1. The van der Waals surface area contributed by atoms with Crippen molar-refractivity contribution >= 4 is 33.7 Å². The number of benzene rings is 1. The summed E-state index contributed by atoms with van der Waals surface area (Å²) < 4.78 is 11.9. The number of carbonyl (C=O) groups is 2. The fourth-order valence-electron chi connectivity index (χ4n) is 2.40. The van der Waals surface area contributed by atoms with Gasteiger partial charge in [0.2, 0.25) is 0 Å². The fraction of sp³-hybridized carbons (Fsp3) is 0.524. The summed E-state index contributed by atoms with van der Waals surface area (Å²) in [6.07, 6.45) is -0.534. The van der Waals surface area contributed by atoms with Gasteiger partial charge in [-0.2, -0.15) is 0 Å². The van der Waals surface area contributed by atoms with E-state index in [0.29, 0.717) is 17.8 Å². The van der Waals surface area contributed by atoms with Crippen molar-refractivity contribution in [3.05, 3.63) is 41.0 Å². The lowest BCUT2D eigenvalue weighted by molar-refractivity contribution is -0.155. The van der Waals surface area contributed by atoms with E-state index in [-0.39, 0.29) is 18.4 Å². The summed E-state index contributed by atoms with van der Waals surface area (Å²) in [5.41, 5.74) is 0.618. The highest BCUT2D eigenvalue weighted by atomic mass is 79.9. The minimum absolute atomic E-state index is 0.0301. The number of amides is 1. The van der Waals surface area contributed by atoms with Crippen LogP contribution in [0.5, 0.6) is 0 Å². The largest absolute Gasteiger partial charge is 0.459 e. The van der Waals surface area contributed by atoms with Gasteiger partial charge in [-0.05, 0) is 57.4 Å². The van der Waals surface area contributed by atoms with Crippen molar-refractivity contribution in [3.63, 3.8) is 0 Å². The summed E-state index contributed by atoms with van der Waals surface area (Å²) in [5.74, 6) is -0.0871. The van der Waals surface area contributed by atoms with Crippen molar-refractivity contribution in [3.8, 4) is 0 Å². The van der Waals surface area contributed by atoms with Crippen molar-refractivity contribution in [2.45, 2.75) is 52.7 Å². The van der Waals surface area contributed by atoms with Crippen LogP contribution in [0.3, 0.4) is 0 Å². The Hall–Kier alpha value is -2.02. The molecule has 6 nitrogen and oxygen atoms in total. The van der Waals surface area contributed by atoms with Crippen LogP contribution < -0.4 is 5.32 Å². The first-order valence-electron chi connectivity index (χ1n) is 9.22. The number of halogens is 1. The van der Waals surface area contributed by atoms with Crippen molar-refractivity contribution < 1.29 is 19.1 Å². The Morgan fingerprint density at radius 2 is 1.79 bits per heavy atom. The van der Waals surface area contributed by atoms with E-state index in [2.05, 4.69) is 27.8 Å². The van der Waals surface area contributed by atoms with E-state index in [1.807, 2.05) is 46.8 Å². The zero-order chi connectivity index (χ0) is 21.5. The molecule has 0 aromatic heterocycles. The summed E-state index contributed by atoms with van der Waals surface area (Å²) >= 11 is 3.35. The quantitative estimate of drug-likeness (QED) is 0.546. The highest BCUT2D eigenvalue weighted by molar-refractivity contribution is 9.10. The molecular weight excluding hydrogens is 424 g/mol. The number of carbonyl (C=O) groups excluding carboxylic acids is 2. The summed E-state index contributed by atoms with van der Waals surface area (Å²) in [6.45, 7) is 13.6. The summed E-state index contributed by atoms with van der Waals surface area (Å²) in [5, 5.41) is 2.71. The normalized spacial score (nSPS) is 12.3.